The third-order valence-corrected chi connectivity index (χ3v) is 5.36. The van der Waals surface area contributed by atoms with Crippen molar-refractivity contribution < 1.29 is 9.59 Å². The second-order valence-corrected chi connectivity index (χ2v) is 7.52. The largest absolute Gasteiger partial charge is 0.352 e. The van der Waals surface area contributed by atoms with Gasteiger partial charge in [0.15, 0.2) is 0 Å². The van der Waals surface area contributed by atoms with Crippen molar-refractivity contribution >= 4 is 11.8 Å². The Morgan fingerprint density at radius 1 is 1.20 bits per heavy atom. The number of pyridine rings is 2. The molecule has 1 N–H and O–H groups in total. The molecule has 8 nitrogen and oxygen atoms in total. The van der Waals surface area contributed by atoms with Crippen LogP contribution in [0.15, 0.2) is 55.1 Å². The summed E-state index contributed by atoms with van der Waals surface area (Å²) in [6.45, 7) is 1.73. The molecule has 1 aliphatic heterocycles. The normalized spacial score (nSPS) is 15.3. The molecule has 30 heavy (non-hydrogen) atoms. The molecule has 4 rings (SSSR count). The van der Waals surface area contributed by atoms with Crippen LogP contribution in [0, 0.1) is 5.92 Å². The number of hydrogen-bond acceptors (Lipinski definition) is 5. The van der Waals surface area contributed by atoms with E-state index in [-0.39, 0.29) is 17.7 Å². The molecular formula is C22H24N6O2. The zero-order chi connectivity index (χ0) is 20.9. The minimum absolute atomic E-state index is 0.0676. The highest BCUT2D eigenvalue weighted by atomic mass is 16.2. The van der Waals surface area contributed by atoms with Crippen LogP contribution in [-0.2, 0) is 19.5 Å². The summed E-state index contributed by atoms with van der Waals surface area (Å²) in [5, 5.41) is 7.39. The molecule has 3 aromatic heterocycles. The highest BCUT2D eigenvalue weighted by Crippen LogP contribution is 2.24. The monoisotopic (exact) mass is 404 g/mol. The predicted octanol–water partition coefficient (Wildman–Crippen LogP) is 1.94. The van der Waals surface area contributed by atoms with Gasteiger partial charge in [-0.25, -0.2) is 0 Å². The highest BCUT2D eigenvalue weighted by molar-refractivity contribution is 5.95. The van der Waals surface area contributed by atoms with E-state index < -0.39 is 0 Å². The summed E-state index contributed by atoms with van der Waals surface area (Å²) in [7, 11) is 1.77. The summed E-state index contributed by atoms with van der Waals surface area (Å²) in [4.78, 5) is 35.2. The van der Waals surface area contributed by atoms with Gasteiger partial charge < -0.3 is 10.2 Å². The Morgan fingerprint density at radius 2 is 2.10 bits per heavy atom. The van der Waals surface area contributed by atoms with Crippen LogP contribution < -0.4 is 5.32 Å². The molecule has 1 aliphatic rings. The van der Waals surface area contributed by atoms with Crippen molar-refractivity contribution in [2.75, 3.05) is 13.6 Å². The van der Waals surface area contributed by atoms with Crippen molar-refractivity contribution in [2.24, 2.45) is 5.92 Å². The molecular weight excluding hydrogens is 380 g/mol. The number of aromatic nitrogens is 4. The van der Waals surface area contributed by atoms with Gasteiger partial charge in [-0.2, -0.15) is 5.10 Å². The van der Waals surface area contributed by atoms with E-state index in [2.05, 4.69) is 20.4 Å². The van der Waals surface area contributed by atoms with Gasteiger partial charge in [-0.1, -0.05) is 6.07 Å². The number of amides is 2. The zero-order valence-corrected chi connectivity index (χ0v) is 16.9. The van der Waals surface area contributed by atoms with E-state index in [1.54, 1.807) is 48.9 Å². The predicted molar refractivity (Wildman–Crippen MR) is 111 cm³/mol. The Bertz CT molecular complexity index is 1020. The first kappa shape index (κ1) is 19.8. The number of carbonyl (C=O) groups excluding carboxylic acids is 2. The van der Waals surface area contributed by atoms with Crippen molar-refractivity contribution in [2.45, 2.75) is 25.9 Å². The minimum Gasteiger partial charge on any atom is -0.352 e. The second kappa shape index (κ2) is 8.86. The fourth-order valence-electron chi connectivity index (χ4n) is 3.70. The Kier molecular flexibility index (Phi) is 5.83. The standard InChI is InChI=1S/C22H24N6O2/c1-27(15-18-6-2-3-9-24-18)22(30)19-14-26-28-10-7-16(11-20(19)28)12-25-21(29)17-5-4-8-23-13-17/h2-6,8-9,13-14,16H,7,10-12,15H2,1H3,(H,25,29). The molecule has 1 atom stereocenters. The summed E-state index contributed by atoms with van der Waals surface area (Å²) in [5.74, 6) is 0.0537. The van der Waals surface area contributed by atoms with Crippen molar-refractivity contribution in [3.05, 3.63) is 77.6 Å². The third kappa shape index (κ3) is 4.37. The van der Waals surface area contributed by atoms with E-state index in [9.17, 15) is 9.59 Å². The van der Waals surface area contributed by atoms with Crippen molar-refractivity contribution in [1.29, 1.82) is 0 Å². The molecule has 154 valence electrons. The van der Waals surface area contributed by atoms with Gasteiger partial charge in [0.05, 0.1) is 35.3 Å². The first-order valence-electron chi connectivity index (χ1n) is 10.00. The lowest BCUT2D eigenvalue weighted by atomic mass is 9.94. The van der Waals surface area contributed by atoms with Crippen LogP contribution >= 0.6 is 0 Å². The summed E-state index contributed by atoms with van der Waals surface area (Å²) < 4.78 is 1.90. The van der Waals surface area contributed by atoms with E-state index in [4.69, 9.17) is 0 Å². The molecule has 0 saturated carbocycles. The van der Waals surface area contributed by atoms with Crippen LogP contribution in [0.4, 0.5) is 0 Å². The van der Waals surface area contributed by atoms with E-state index in [1.165, 1.54) is 0 Å². The van der Waals surface area contributed by atoms with Crippen LogP contribution in [0.5, 0.6) is 0 Å². The summed E-state index contributed by atoms with van der Waals surface area (Å²) in [6, 6.07) is 9.15. The van der Waals surface area contributed by atoms with E-state index in [0.717, 1.165) is 24.4 Å². The molecule has 1 unspecified atom stereocenters. The quantitative estimate of drug-likeness (QED) is 0.678. The lowest BCUT2D eigenvalue weighted by molar-refractivity contribution is 0.0780. The Morgan fingerprint density at radius 3 is 2.87 bits per heavy atom. The fraction of sp³-hybridized carbons (Fsp3) is 0.318. The molecule has 4 heterocycles. The van der Waals surface area contributed by atoms with Gasteiger partial charge in [0.1, 0.15) is 0 Å². The summed E-state index contributed by atoms with van der Waals surface area (Å²) >= 11 is 0. The Hall–Kier alpha value is -3.55. The maximum atomic E-state index is 13.0. The van der Waals surface area contributed by atoms with Gasteiger partial charge in [0, 0.05) is 38.7 Å². The molecule has 0 aromatic carbocycles. The minimum atomic E-state index is -0.131. The third-order valence-electron chi connectivity index (χ3n) is 5.36. The van der Waals surface area contributed by atoms with Crippen LogP contribution in [0.2, 0.25) is 0 Å². The van der Waals surface area contributed by atoms with E-state index in [0.29, 0.717) is 30.6 Å². The molecule has 0 radical (unpaired) electrons. The van der Waals surface area contributed by atoms with Gasteiger partial charge >= 0.3 is 0 Å². The first-order chi connectivity index (χ1) is 14.6. The van der Waals surface area contributed by atoms with Gasteiger partial charge in [-0.3, -0.25) is 24.2 Å². The Labute approximate surface area is 175 Å². The SMILES string of the molecule is CN(Cc1ccccn1)C(=O)c1cnn2c1CC(CNC(=O)c1cccnc1)CC2. The number of nitrogens with zero attached hydrogens (tertiary/aromatic N) is 5. The van der Waals surface area contributed by atoms with E-state index >= 15 is 0 Å². The molecule has 0 aliphatic carbocycles. The van der Waals surface area contributed by atoms with Crippen LogP contribution in [0.3, 0.4) is 0 Å². The maximum absolute atomic E-state index is 13.0. The van der Waals surface area contributed by atoms with Crippen molar-refractivity contribution in [1.82, 2.24) is 30.0 Å². The van der Waals surface area contributed by atoms with Gasteiger partial charge in [-0.05, 0) is 43.0 Å². The molecule has 3 aromatic rings. The second-order valence-electron chi connectivity index (χ2n) is 7.52. The first-order valence-corrected chi connectivity index (χ1v) is 10.00. The van der Waals surface area contributed by atoms with Crippen molar-refractivity contribution in [3.63, 3.8) is 0 Å². The highest BCUT2D eigenvalue weighted by Gasteiger charge is 2.27. The molecule has 0 spiro atoms. The maximum Gasteiger partial charge on any atom is 0.257 e. The van der Waals surface area contributed by atoms with E-state index in [1.807, 2.05) is 22.9 Å². The lowest BCUT2D eigenvalue weighted by Crippen LogP contribution is -2.34. The number of nitrogens with one attached hydrogen (secondary N) is 1. The van der Waals surface area contributed by atoms with Crippen LogP contribution in [-0.4, -0.2) is 50.1 Å². The number of hydrogen-bond donors (Lipinski definition) is 1. The van der Waals surface area contributed by atoms with Gasteiger partial charge in [0.25, 0.3) is 11.8 Å². The molecule has 2 amide bonds. The van der Waals surface area contributed by atoms with Gasteiger partial charge in [0.2, 0.25) is 0 Å². The van der Waals surface area contributed by atoms with Crippen LogP contribution in [0.1, 0.15) is 38.5 Å². The smallest absolute Gasteiger partial charge is 0.257 e. The van der Waals surface area contributed by atoms with Gasteiger partial charge in [-0.15, -0.1) is 0 Å². The number of fused-ring (bicyclic) bond motifs is 1. The molecule has 8 heteroatoms. The number of aryl methyl sites for hydroxylation is 1. The summed E-state index contributed by atoms with van der Waals surface area (Å²) in [6.07, 6.45) is 8.18. The topological polar surface area (TPSA) is 93.0 Å². The number of carbonyl (C=O) groups is 2. The molecule has 0 bridgehead atoms. The van der Waals surface area contributed by atoms with Crippen molar-refractivity contribution in [3.8, 4) is 0 Å². The number of rotatable bonds is 6. The zero-order valence-electron chi connectivity index (χ0n) is 16.9. The van der Waals surface area contributed by atoms with Crippen LogP contribution in [0.25, 0.3) is 0 Å². The lowest BCUT2D eigenvalue weighted by Gasteiger charge is -2.25. The fourth-order valence-corrected chi connectivity index (χ4v) is 3.70. The molecule has 0 fully saturated rings. The average Bonchev–Trinajstić information content (AvgIpc) is 3.21. The average molecular weight is 404 g/mol. The summed E-state index contributed by atoms with van der Waals surface area (Å²) in [5.41, 5.74) is 2.94. The molecule has 0 saturated heterocycles. The Balaban J connectivity index is 1.39.